The minimum Gasteiger partial charge on any atom is -0.497 e. The standard InChI is InChI=1S/C20H18F2N4O4S2/c1-30-13-5-7-14(8-6-13)32(28,29)26-10-2-3-17(26)19-24-25-20(31-19)18(27)23-16-9-4-12(21)11-15(16)22/h4-9,11,17H,2-3,10H2,1H3,(H,23,27)/t17-/m1/s1. The fourth-order valence-corrected chi connectivity index (χ4v) is 6.00. The van der Waals surface area contributed by atoms with E-state index in [1.807, 2.05) is 0 Å². The van der Waals surface area contributed by atoms with Gasteiger partial charge in [-0.15, -0.1) is 10.2 Å². The monoisotopic (exact) mass is 480 g/mol. The predicted octanol–water partition coefficient (Wildman–Crippen LogP) is 3.60. The summed E-state index contributed by atoms with van der Waals surface area (Å²) in [4.78, 5) is 12.6. The number of anilines is 1. The summed E-state index contributed by atoms with van der Waals surface area (Å²) in [6.45, 7) is 0.306. The molecule has 4 rings (SSSR count). The summed E-state index contributed by atoms with van der Waals surface area (Å²) in [5, 5.41) is 10.5. The molecule has 12 heteroatoms. The van der Waals surface area contributed by atoms with Crippen LogP contribution in [0.5, 0.6) is 5.75 Å². The van der Waals surface area contributed by atoms with Crippen molar-refractivity contribution in [3.05, 3.63) is 64.1 Å². The van der Waals surface area contributed by atoms with Crippen LogP contribution in [0.4, 0.5) is 14.5 Å². The molecule has 0 spiro atoms. The summed E-state index contributed by atoms with van der Waals surface area (Å²) in [7, 11) is -2.31. The molecule has 32 heavy (non-hydrogen) atoms. The Morgan fingerprint density at radius 1 is 1.19 bits per heavy atom. The highest BCUT2D eigenvalue weighted by Crippen LogP contribution is 2.38. The van der Waals surface area contributed by atoms with Gasteiger partial charge in [0.05, 0.1) is 23.7 Å². The maximum absolute atomic E-state index is 13.8. The van der Waals surface area contributed by atoms with Crippen LogP contribution in [0.3, 0.4) is 0 Å². The number of nitrogens with zero attached hydrogens (tertiary/aromatic N) is 3. The molecule has 8 nitrogen and oxygen atoms in total. The highest BCUT2D eigenvalue weighted by atomic mass is 32.2. The lowest BCUT2D eigenvalue weighted by Gasteiger charge is -2.22. The van der Waals surface area contributed by atoms with Gasteiger partial charge in [-0.05, 0) is 49.2 Å². The fraction of sp³-hybridized carbons (Fsp3) is 0.250. The second kappa shape index (κ2) is 8.88. The Hall–Kier alpha value is -2.96. The number of carbonyl (C=O) groups is 1. The van der Waals surface area contributed by atoms with Crippen molar-refractivity contribution < 1.29 is 26.7 Å². The molecule has 2 aromatic carbocycles. The molecule has 2 heterocycles. The van der Waals surface area contributed by atoms with E-state index in [0.717, 1.165) is 23.5 Å². The number of halogens is 2. The summed E-state index contributed by atoms with van der Waals surface area (Å²) in [6.07, 6.45) is 1.15. The van der Waals surface area contributed by atoms with E-state index in [0.29, 0.717) is 36.2 Å². The summed E-state index contributed by atoms with van der Waals surface area (Å²) in [5.41, 5.74) is -0.197. The minimum atomic E-state index is -3.80. The number of carbonyl (C=O) groups excluding carboxylic acids is 1. The molecule has 1 saturated heterocycles. The van der Waals surface area contributed by atoms with Gasteiger partial charge in [0.25, 0.3) is 5.91 Å². The lowest BCUT2D eigenvalue weighted by Crippen LogP contribution is -2.30. The Bertz CT molecular complexity index is 1250. The molecule has 0 bridgehead atoms. The average molecular weight is 481 g/mol. The van der Waals surface area contributed by atoms with Gasteiger partial charge in [-0.3, -0.25) is 4.79 Å². The van der Waals surface area contributed by atoms with E-state index in [9.17, 15) is 22.0 Å². The molecule has 0 saturated carbocycles. The molecular formula is C20H18F2N4O4S2. The van der Waals surface area contributed by atoms with Crippen LogP contribution in [0.15, 0.2) is 47.4 Å². The highest BCUT2D eigenvalue weighted by molar-refractivity contribution is 7.89. The van der Waals surface area contributed by atoms with Crippen molar-refractivity contribution in [1.82, 2.24) is 14.5 Å². The largest absolute Gasteiger partial charge is 0.497 e. The SMILES string of the molecule is COc1ccc(S(=O)(=O)N2CCC[C@@H]2c2nnc(C(=O)Nc3ccc(F)cc3F)s2)cc1. The zero-order valence-electron chi connectivity index (χ0n) is 16.8. The highest BCUT2D eigenvalue weighted by Gasteiger charge is 2.38. The predicted molar refractivity (Wildman–Crippen MR) is 113 cm³/mol. The van der Waals surface area contributed by atoms with Gasteiger partial charge in [-0.25, -0.2) is 17.2 Å². The molecule has 3 aromatic rings. The van der Waals surface area contributed by atoms with Crippen LogP contribution in [0, 0.1) is 11.6 Å². The maximum Gasteiger partial charge on any atom is 0.286 e. The average Bonchev–Trinajstić information content (AvgIpc) is 3.45. The first-order chi connectivity index (χ1) is 15.3. The molecule has 168 valence electrons. The lowest BCUT2D eigenvalue weighted by atomic mass is 10.2. The van der Waals surface area contributed by atoms with E-state index in [1.165, 1.54) is 23.5 Å². The van der Waals surface area contributed by atoms with Crippen molar-refractivity contribution in [2.45, 2.75) is 23.8 Å². The summed E-state index contributed by atoms with van der Waals surface area (Å²) in [5.74, 6) is -1.87. The van der Waals surface area contributed by atoms with E-state index in [-0.39, 0.29) is 15.6 Å². The Morgan fingerprint density at radius 3 is 2.62 bits per heavy atom. The van der Waals surface area contributed by atoms with Crippen molar-refractivity contribution in [2.75, 3.05) is 19.0 Å². The molecular weight excluding hydrogens is 462 g/mol. The minimum absolute atomic E-state index is 0.0579. The van der Waals surface area contributed by atoms with Gasteiger partial charge in [-0.1, -0.05) is 11.3 Å². The first-order valence-corrected chi connectivity index (χ1v) is 11.8. The number of benzene rings is 2. The summed E-state index contributed by atoms with van der Waals surface area (Å²) < 4.78 is 59.6. The van der Waals surface area contributed by atoms with E-state index in [2.05, 4.69) is 15.5 Å². The second-order valence-electron chi connectivity index (χ2n) is 6.97. The number of rotatable bonds is 6. The van der Waals surface area contributed by atoms with Gasteiger partial charge in [-0.2, -0.15) is 4.31 Å². The van der Waals surface area contributed by atoms with Crippen LogP contribution in [0.2, 0.25) is 0 Å². The number of methoxy groups -OCH3 is 1. The van der Waals surface area contributed by atoms with Gasteiger partial charge >= 0.3 is 0 Å². The Kier molecular flexibility index (Phi) is 6.17. The second-order valence-corrected chi connectivity index (χ2v) is 9.87. The molecule has 1 fully saturated rings. The number of hydrogen-bond donors (Lipinski definition) is 1. The Balaban J connectivity index is 1.54. The number of aromatic nitrogens is 2. The Morgan fingerprint density at radius 2 is 1.94 bits per heavy atom. The molecule has 1 aliphatic rings. The number of amides is 1. The van der Waals surface area contributed by atoms with Crippen LogP contribution in [0.1, 0.15) is 33.7 Å². The van der Waals surface area contributed by atoms with Crippen molar-refractivity contribution >= 4 is 33.0 Å². The number of hydrogen-bond acceptors (Lipinski definition) is 7. The smallest absolute Gasteiger partial charge is 0.286 e. The normalized spacial score (nSPS) is 16.8. The summed E-state index contributed by atoms with van der Waals surface area (Å²) >= 11 is 0.931. The third-order valence-electron chi connectivity index (χ3n) is 4.97. The van der Waals surface area contributed by atoms with Crippen LogP contribution in [-0.2, 0) is 10.0 Å². The third kappa shape index (κ3) is 4.33. The lowest BCUT2D eigenvalue weighted by molar-refractivity contribution is 0.102. The Labute approximate surface area is 186 Å². The van der Waals surface area contributed by atoms with Gasteiger partial charge in [0.1, 0.15) is 22.4 Å². The van der Waals surface area contributed by atoms with Gasteiger partial charge in [0.15, 0.2) is 0 Å². The van der Waals surface area contributed by atoms with E-state index < -0.39 is 33.6 Å². The van der Waals surface area contributed by atoms with Crippen molar-refractivity contribution in [3.63, 3.8) is 0 Å². The number of sulfonamides is 1. The van der Waals surface area contributed by atoms with E-state index >= 15 is 0 Å². The van der Waals surface area contributed by atoms with Gasteiger partial charge < -0.3 is 10.1 Å². The first kappa shape index (κ1) is 22.2. The third-order valence-corrected chi connectivity index (χ3v) is 7.91. The topological polar surface area (TPSA) is 101 Å². The molecule has 0 unspecified atom stereocenters. The molecule has 1 N–H and O–H groups in total. The molecule has 0 aliphatic carbocycles. The van der Waals surface area contributed by atoms with Crippen molar-refractivity contribution in [2.24, 2.45) is 0 Å². The van der Waals surface area contributed by atoms with Crippen LogP contribution >= 0.6 is 11.3 Å². The van der Waals surface area contributed by atoms with E-state index in [1.54, 1.807) is 12.1 Å². The molecule has 1 atom stereocenters. The molecule has 0 radical (unpaired) electrons. The van der Waals surface area contributed by atoms with Gasteiger partial charge in [0.2, 0.25) is 15.0 Å². The molecule has 1 aliphatic heterocycles. The van der Waals surface area contributed by atoms with Crippen LogP contribution in [0.25, 0.3) is 0 Å². The van der Waals surface area contributed by atoms with E-state index in [4.69, 9.17) is 4.74 Å². The fourth-order valence-electron chi connectivity index (χ4n) is 3.39. The number of nitrogens with one attached hydrogen (secondary N) is 1. The zero-order chi connectivity index (χ0) is 22.9. The van der Waals surface area contributed by atoms with Crippen LogP contribution < -0.4 is 10.1 Å². The zero-order valence-corrected chi connectivity index (χ0v) is 18.4. The maximum atomic E-state index is 13.8. The quantitative estimate of drug-likeness (QED) is 0.579. The molecule has 1 amide bonds. The van der Waals surface area contributed by atoms with Crippen molar-refractivity contribution in [3.8, 4) is 5.75 Å². The van der Waals surface area contributed by atoms with Crippen LogP contribution in [-0.4, -0.2) is 42.5 Å². The molecule has 1 aromatic heterocycles. The van der Waals surface area contributed by atoms with Crippen molar-refractivity contribution in [1.29, 1.82) is 0 Å². The summed E-state index contributed by atoms with van der Waals surface area (Å²) in [6, 6.07) is 8.29. The number of ether oxygens (including phenoxy) is 1. The first-order valence-electron chi connectivity index (χ1n) is 9.55. The van der Waals surface area contributed by atoms with Gasteiger partial charge in [0, 0.05) is 12.6 Å².